The summed E-state index contributed by atoms with van der Waals surface area (Å²) < 4.78 is 0. The Morgan fingerprint density at radius 3 is 2.21 bits per heavy atom. The molecule has 2 rings (SSSR count). The Balaban J connectivity index is 0.000000413. The van der Waals surface area contributed by atoms with Crippen molar-refractivity contribution >= 4 is 29.1 Å². The maximum absolute atomic E-state index is 9.10. The number of carbonyl (C=O) groups is 2. The number of hydrogen-bond donors (Lipinski definition) is 3. The number of benzene rings is 1. The lowest BCUT2D eigenvalue weighted by Crippen LogP contribution is -2.09. The van der Waals surface area contributed by atoms with Crippen molar-refractivity contribution < 1.29 is 19.8 Å². The molecule has 0 amide bonds. The number of likely N-dealkylation sites (N-methyl/N-ethyl adjacent to an activating group) is 1. The standard InChI is InChI=1S/C15H15ClN2.C2H2O4/c1-17-10-8-15(13-3-2-9-18-11-13)12-4-6-14(16)7-5-12;3-1(4)2(5)6/h2-9,11,17H,10H2,1H3;(H,3,4)(H,5,6). The first-order valence-corrected chi connectivity index (χ1v) is 7.30. The van der Waals surface area contributed by atoms with E-state index in [0.717, 1.165) is 28.3 Å². The number of rotatable bonds is 4. The fourth-order valence-electron chi connectivity index (χ4n) is 1.76. The molecule has 0 fully saturated rings. The van der Waals surface area contributed by atoms with Crippen LogP contribution in [0, 0.1) is 0 Å². The van der Waals surface area contributed by atoms with Crippen LogP contribution in [0.4, 0.5) is 0 Å². The van der Waals surface area contributed by atoms with E-state index in [2.05, 4.69) is 22.4 Å². The van der Waals surface area contributed by atoms with Crippen LogP contribution in [0.25, 0.3) is 5.57 Å². The van der Waals surface area contributed by atoms with Crippen molar-refractivity contribution in [3.05, 3.63) is 71.0 Å². The Labute approximate surface area is 144 Å². The van der Waals surface area contributed by atoms with Crippen molar-refractivity contribution in [2.45, 2.75) is 0 Å². The molecule has 0 bridgehead atoms. The van der Waals surface area contributed by atoms with Crippen molar-refractivity contribution in [3.63, 3.8) is 0 Å². The predicted molar refractivity (Wildman–Crippen MR) is 92.0 cm³/mol. The van der Waals surface area contributed by atoms with Gasteiger partial charge in [0, 0.05) is 29.5 Å². The average molecular weight is 349 g/mol. The maximum atomic E-state index is 9.10. The highest BCUT2D eigenvalue weighted by atomic mass is 35.5. The van der Waals surface area contributed by atoms with Crippen LogP contribution >= 0.6 is 11.6 Å². The van der Waals surface area contributed by atoms with Gasteiger partial charge in [-0.25, -0.2) is 9.59 Å². The van der Waals surface area contributed by atoms with Crippen molar-refractivity contribution in [3.8, 4) is 0 Å². The van der Waals surface area contributed by atoms with Gasteiger partial charge in [0.1, 0.15) is 0 Å². The first kappa shape index (κ1) is 19.3. The molecule has 0 radical (unpaired) electrons. The van der Waals surface area contributed by atoms with Crippen LogP contribution in [0.1, 0.15) is 11.1 Å². The van der Waals surface area contributed by atoms with E-state index in [1.165, 1.54) is 0 Å². The van der Waals surface area contributed by atoms with Crippen LogP contribution < -0.4 is 5.32 Å². The van der Waals surface area contributed by atoms with Crippen LogP contribution in [-0.2, 0) is 9.59 Å². The maximum Gasteiger partial charge on any atom is 0.414 e. The number of nitrogens with one attached hydrogen (secondary N) is 1. The topological polar surface area (TPSA) is 99.5 Å². The summed E-state index contributed by atoms with van der Waals surface area (Å²) in [5, 5.41) is 18.7. The fraction of sp³-hybridized carbons (Fsp3) is 0.118. The van der Waals surface area contributed by atoms with Crippen LogP contribution in [0.15, 0.2) is 54.9 Å². The second kappa shape index (κ2) is 10.1. The lowest BCUT2D eigenvalue weighted by molar-refractivity contribution is -0.159. The monoisotopic (exact) mass is 348 g/mol. The summed E-state index contributed by atoms with van der Waals surface area (Å²) in [5.41, 5.74) is 3.41. The summed E-state index contributed by atoms with van der Waals surface area (Å²) in [6, 6.07) is 11.9. The molecule has 0 aliphatic rings. The third-order valence-corrected chi connectivity index (χ3v) is 3.07. The van der Waals surface area contributed by atoms with Crippen LogP contribution in [0.3, 0.4) is 0 Å². The highest BCUT2D eigenvalue weighted by molar-refractivity contribution is 6.30. The highest BCUT2D eigenvalue weighted by Crippen LogP contribution is 2.23. The molecule has 3 N–H and O–H groups in total. The molecule has 126 valence electrons. The van der Waals surface area contributed by atoms with Crippen LogP contribution in [0.5, 0.6) is 0 Å². The Morgan fingerprint density at radius 1 is 1.12 bits per heavy atom. The van der Waals surface area contributed by atoms with E-state index >= 15 is 0 Å². The van der Waals surface area contributed by atoms with Gasteiger partial charge in [0.15, 0.2) is 0 Å². The normalized spacial score (nSPS) is 10.5. The molecule has 1 heterocycles. The molecule has 2 aromatic rings. The number of nitrogens with zero attached hydrogens (tertiary/aromatic N) is 1. The minimum absolute atomic E-state index is 0.748. The van der Waals surface area contributed by atoms with E-state index in [-0.39, 0.29) is 0 Å². The zero-order valence-electron chi connectivity index (χ0n) is 12.9. The number of hydrogen-bond acceptors (Lipinski definition) is 4. The smallest absolute Gasteiger partial charge is 0.414 e. The lowest BCUT2D eigenvalue weighted by atomic mass is 9.99. The number of carboxylic acids is 2. The van der Waals surface area contributed by atoms with Gasteiger partial charge < -0.3 is 15.5 Å². The van der Waals surface area contributed by atoms with Gasteiger partial charge >= 0.3 is 11.9 Å². The first-order chi connectivity index (χ1) is 11.5. The number of pyridine rings is 1. The Kier molecular flexibility index (Phi) is 8.18. The minimum atomic E-state index is -1.82. The van der Waals surface area contributed by atoms with E-state index < -0.39 is 11.9 Å². The summed E-state index contributed by atoms with van der Waals surface area (Å²) in [5.74, 6) is -3.65. The molecule has 0 aliphatic carbocycles. The van der Waals surface area contributed by atoms with E-state index in [9.17, 15) is 0 Å². The van der Waals surface area contributed by atoms with Gasteiger partial charge in [0.2, 0.25) is 0 Å². The molecule has 6 nitrogen and oxygen atoms in total. The molecule has 0 unspecified atom stereocenters. The number of aromatic nitrogens is 1. The first-order valence-electron chi connectivity index (χ1n) is 6.93. The summed E-state index contributed by atoms with van der Waals surface area (Å²) >= 11 is 5.92. The Morgan fingerprint density at radius 2 is 1.75 bits per heavy atom. The summed E-state index contributed by atoms with van der Waals surface area (Å²) in [6.07, 6.45) is 5.80. The molecule has 7 heteroatoms. The second-order valence-electron chi connectivity index (χ2n) is 4.53. The quantitative estimate of drug-likeness (QED) is 0.734. The third-order valence-electron chi connectivity index (χ3n) is 2.82. The van der Waals surface area contributed by atoms with Crippen molar-refractivity contribution in [1.82, 2.24) is 10.3 Å². The van der Waals surface area contributed by atoms with Crippen molar-refractivity contribution in [1.29, 1.82) is 0 Å². The van der Waals surface area contributed by atoms with Gasteiger partial charge in [-0.2, -0.15) is 0 Å². The number of aliphatic carboxylic acids is 2. The van der Waals surface area contributed by atoms with Gasteiger partial charge in [0.05, 0.1) is 0 Å². The van der Waals surface area contributed by atoms with Gasteiger partial charge in [-0.05, 0) is 36.4 Å². The van der Waals surface area contributed by atoms with E-state index in [4.69, 9.17) is 31.4 Å². The molecule has 1 aromatic heterocycles. The second-order valence-corrected chi connectivity index (χ2v) is 4.97. The zero-order chi connectivity index (χ0) is 17.9. The van der Waals surface area contributed by atoms with Gasteiger partial charge in [-0.1, -0.05) is 35.9 Å². The van der Waals surface area contributed by atoms with E-state index in [1.807, 2.05) is 43.6 Å². The van der Waals surface area contributed by atoms with E-state index in [1.54, 1.807) is 6.20 Å². The third kappa shape index (κ3) is 6.60. The molecule has 0 saturated heterocycles. The number of carboxylic acid groups (broad SMARTS) is 2. The average Bonchev–Trinajstić information content (AvgIpc) is 2.58. The number of halogens is 1. The summed E-state index contributed by atoms with van der Waals surface area (Å²) in [6.45, 7) is 0.812. The minimum Gasteiger partial charge on any atom is -0.473 e. The van der Waals surface area contributed by atoms with Gasteiger partial charge in [-0.3, -0.25) is 4.98 Å². The Bertz CT molecular complexity index is 688. The molecule has 0 saturated carbocycles. The van der Waals surface area contributed by atoms with Crippen LogP contribution in [0.2, 0.25) is 5.02 Å². The van der Waals surface area contributed by atoms with Gasteiger partial charge in [0.25, 0.3) is 0 Å². The van der Waals surface area contributed by atoms with Gasteiger partial charge in [-0.15, -0.1) is 0 Å². The lowest BCUT2D eigenvalue weighted by Gasteiger charge is -2.08. The predicted octanol–water partition coefficient (Wildman–Crippen LogP) is 2.54. The largest absolute Gasteiger partial charge is 0.473 e. The summed E-state index contributed by atoms with van der Waals surface area (Å²) in [7, 11) is 1.93. The van der Waals surface area contributed by atoms with Crippen molar-refractivity contribution in [2.75, 3.05) is 13.6 Å². The molecular formula is C17H17ClN2O4. The zero-order valence-corrected chi connectivity index (χ0v) is 13.7. The van der Waals surface area contributed by atoms with Crippen molar-refractivity contribution in [2.24, 2.45) is 0 Å². The van der Waals surface area contributed by atoms with E-state index in [0.29, 0.717) is 0 Å². The highest BCUT2D eigenvalue weighted by Gasteiger charge is 2.05. The molecule has 24 heavy (non-hydrogen) atoms. The summed E-state index contributed by atoms with van der Waals surface area (Å²) in [4.78, 5) is 22.4. The SMILES string of the molecule is CNCC=C(c1ccc(Cl)cc1)c1cccnc1.O=C(O)C(=O)O. The molecule has 0 atom stereocenters. The molecular weight excluding hydrogens is 332 g/mol. The van der Waals surface area contributed by atoms with Crippen LogP contribution in [-0.4, -0.2) is 40.7 Å². The Hall–Kier alpha value is -2.70. The molecule has 1 aromatic carbocycles. The fourth-order valence-corrected chi connectivity index (χ4v) is 1.88. The molecule has 0 aliphatic heterocycles. The molecule has 0 spiro atoms.